The molecule has 4 heteroatoms. The third-order valence-electron chi connectivity index (χ3n) is 5.03. The number of hydrogen-bond acceptors (Lipinski definition) is 3. The van der Waals surface area contributed by atoms with Crippen LogP contribution in [0.2, 0.25) is 0 Å². The Labute approximate surface area is 168 Å². The lowest BCUT2D eigenvalue weighted by atomic mass is 10.0. The molecule has 1 aliphatic heterocycles. The Morgan fingerprint density at radius 3 is 2.48 bits per heavy atom. The van der Waals surface area contributed by atoms with Gasteiger partial charge in [0.05, 0.1) is 17.0 Å². The zero-order valence-corrected chi connectivity index (χ0v) is 15.9. The summed E-state index contributed by atoms with van der Waals surface area (Å²) in [5, 5.41) is 8.13. The second-order valence-corrected chi connectivity index (χ2v) is 6.92. The van der Waals surface area contributed by atoms with Crippen LogP contribution in [-0.2, 0) is 4.79 Å². The number of carbonyl (C=O) groups is 1. The highest BCUT2D eigenvalue weighted by molar-refractivity contribution is 6.32. The molecule has 0 N–H and O–H groups in total. The maximum absolute atomic E-state index is 12.9. The largest absolute Gasteiger partial charge is 0.457 e. The van der Waals surface area contributed by atoms with E-state index in [0.717, 1.165) is 27.8 Å². The van der Waals surface area contributed by atoms with Crippen molar-refractivity contribution in [3.63, 3.8) is 0 Å². The summed E-state index contributed by atoms with van der Waals surface area (Å²) in [7, 11) is 0. The van der Waals surface area contributed by atoms with Crippen LogP contribution >= 0.6 is 0 Å². The SMILES string of the molecule is CC1=NN(c2ccccc2)C(=O)/C1=C\c1ccc(-c2cccc3ccccc23)o1. The quantitative estimate of drug-likeness (QED) is 0.416. The number of nitrogens with zero attached hydrogens (tertiary/aromatic N) is 2. The number of hydrogen-bond donors (Lipinski definition) is 0. The molecule has 4 nitrogen and oxygen atoms in total. The highest BCUT2D eigenvalue weighted by atomic mass is 16.3. The first kappa shape index (κ1) is 17.2. The van der Waals surface area contributed by atoms with E-state index in [4.69, 9.17) is 4.42 Å². The van der Waals surface area contributed by atoms with Gasteiger partial charge in [-0.1, -0.05) is 60.7 Å². The van der Waals surface area contributed by atoms with Crippen LogP contribution in [-0.4, -0.2) is 11.6 Å². The maximum Gasteiger partial charge on any atom is 0.280 e. The van der Waals surface area contributed by atoms with Crippen LogP contribution in [0.25, 0.3) is 28.2 Å². The minimum Gasteiger partial charge on any atom is -0.457 e. The van der Waals surface area contributed by atoms with Gasteiger partial charge in [0.1, 0.15) is 11.5 Å². The topological polar surface area (TPSA) is 45.8 Å². The summed E-state index contributed by atoms with van der Waals surface area (Å²) in [4.78, 5) is 12.9. The zero-order valence-electron chi connectivity index (χ0n) is 15.9. The summed E-state index contributed by atoms with van der Waals surface area (Å²) in [6.07, 6.45) is 1.76. The minimum atomic E-state index is -0.156. The van der Waals surface area contributed by atoms with Crippen molar-refractivity contribution < 1.29 is 9.21 Å². The number of hydrazone groups is 1. The summed E-state index contributed by atoms with van der Waals surface area (Å²) in [5.74, 6) is 1.24. The van der Waals surface area contributed by atoms with Gasteiger partial charge < -0.3 is 4.42 Å². The molecule has 4 aromatic rings. The number of amides is 1. The molecular formula is C25H18N2O2. The van der Waals surface area contributed by atoms with Crippen molar-refractivity contribution in [3.8, 4) is 11.3 Å². The van der Waals surface area contributed by atoms with Crippen LogP contribution in [0.15, 0.2) is 100 Å². The van der Waals surface area contributed by atoms with Crippen molar-refractivity contribution in [1.82, 2.24) is 0 Å². The molecule has 0 radical (unpaired) electrons. The molecule has 0 atom stereocenters. The number of benzene rings is 3. The van der Waals surface area contributed by atoms with Crippen LogP contribution in [0, 0.1) is 0 Å². The van der Waals surface area contributed by atoms with E-state index in [1.165, 1.54) is 5.01 Å². The van der Waals surface area contributed by atoms with Crippen LogP contribution < -0.4 is 5.01 Å². The van der Waals surface area contributed by atoms with Gasteiger partial charge in [0.15, 0.2) is 0 Å². The number of para-hydroxylation sites is 1. The van der Waals surface area contributed by atoms with Crippen molar-refractivity contribution >= 4 is 34.2 Å². The molecule has 0 saturated heterocycles. The Kier molecular flexibility index (Phi) is 4.10. The zero-order chi connectivity index (χ0) is 19.8. The number of anilines is 1. The molecule has 0 saturated carbocycles. The van der Waals surface area contributed by atoms with E-state index in [1.54, 1.807) is 6.08 Å². The summed E-state index contributed by atoms with van der Waals surface area (Å²) in [6.45, 7) is 1.83. The fourth-order valence-electron chi connectivity index (χ4n) is 3.59. The van der Waals surface area contributed by atoms with Crippen molar-refractivity contribution in [3.05, 3.63) is 96.3 Å². The third kappa shape index (κ3) is 3.05. The smallest absolute Gasteiger partial charge is 0.280 e. The van der Waals surface area contributed by atoms with Crippen LogP contribution in [0.5, 0.6) is 0 Å². The van der Waals surface area contributed by atoms with Gasteiger partial charge in [0.25, 0.3) is 5.91 Å². The van der Waals surface area contributed by atoms with E-state index in [-0.39, 0.29) is 5.91 Å². The van der Waals surface area contributed by atoms with Gasteiger partial charge in [0.2, 0.25) is 0 Å². The lowest BCUT2D eigenvalue weighted by molar-refractivity contribution is -0.114. The second-order valence-electron chi connectivity index (χ2n) is 6.92. The van der Waals surface area contributed by atoms with Crippen LogP contribution in [0.1, 0.15) is 12.7 Å². The van der Waals surface area contributed by atoms with Gasteiger partial charge in [-0.15, -0.1) is 0 Å². The lowest BCUT2D eigenvalue weighted by Crippen LogP contribution is -2.21. The molecule has 29 heavy (non-hydrogen) atoms. The van der Waals surface area contributed by atoms with Gasteiger partial charge in [-0.3, -0.25) is 4.79 Å². The molecule has 140 valence electrons. The summed E-state index contributed by atoms with van der Waals surface area (Å²) in [5.41, 5.74) is 2.98. The van der Waals surface area contributed by atoms with Crippen LogP contribution in [0.4, 0.5) is 5.69 Å². The summed E-state index contributed by atoms with van der Waals surface area (Å²) < 4.78 is 6.08. The first-order valence-electron chi connectivity index (χ1n) is 9.45. The number of carbonyl (C=O) groups excluding carboxylic acids is 1. The van der Waals surface area contributed by atoms with Crippen molar-refractivity contribution in [2.24, 2.45) is 5.10 Å². The average Bonchev–Trinajstić information content (AvgIpc) is 3.34. The molecule has 1 aromatic heterocycles. The number of furan rings is 1. The highest BCUT2D eigenvalue weighted by Crippen LogP contribution is 2.31. The first-order valence-corrected chi connectivity index (χ1v) is 9.45. The van der Waals surface area contributed by atoms with E-state index in [9.17, 15) is 4.79 Å². The van der Waals surface area contributed by atoms with Crippen molar-refractivity contribution in [2.45, 2.75) is 6.92 Å². The molecule has 0 aliphatic carbocycles. The highest BCUT2D eigenvalue weighted by Gasteiger charge is 2.28. The second kappa shape index (κ2) is 6.91. The lowest BCUT2D eigenvalue weighted by Gasteiger charge is -2.10. The number of rotatable bonds is 3. The van der Waals surface area contributed by atoms with Crippen LogP contribution in [0.3, 0.4) is 0 Å². The van der Waals surface area contributed by atoms with E-state index in [1.807, 2.05) is 73.7 Å². The Balaban J connectivity index is 1.49. The fourth-order valence-corrected chi connectivity index (χ4v) is 3.59. The summed E-state index contributed by atoms with van der Waals surface area (Å²) in [6, 6.07) is 27.6. The minimum absolute atomic E-state index is 0.156. The Morgan fingerprint density at radius 1 is 0.862 bits per heavy atom. The third-order valence-corrected chi connectivity index (χ3v) is 5.03. The molecule has 0 fully saturated rings. The Bertz CT molecular complexity index is 1280. The molecule has 1 aliphatic rings. The molecule has 0 spiro atoms. The summed E-state index contributed by atoms with van der Waals surface area (Å²) >= 11 is 0. The Morgan fingerprint density at radius 2 is 1.62 bits per heavy atom. The molecule has 1 amide bonds. The molecule has 0 bridgehead atoms. The average molecular weight is 378 g/mol. The predicted octanol–water partition coefficient (Wildman–Crippen LogP) is 5.91. The van der Waals surface area contributed by atoms with Gasteiger partial charge in [-0.2, -0.15) is 10.1 Å². The Hall–Kier alpha value is -3.92. The predicted molar refractivity (Wildman–Crippen MR) is 117 cm³/mol. The molecule has 2 heterocycles. The van der Waals surface area contributed by atoms with Crippen molar-refractivity contribution in [2.75, 3.05) is 5.01 Å². The van der Waals surface area contributed by atoms with E-state index in [0.29, 0.717) is 17.0 Å². The number of fused-ring (bicyclic) bond motifs is 1. The van der Waals surface area contributed by atoms with Gasteiger partial charge in [-0.05, 0) is 48.0 Å². The molecule has 5 rings (SSSR count). The fraction of sp³-hybridized carbons (Fsp3) is 0.0400. The van der Waals surface area contributed by atoms with E-state index >= 15 is 0 Å². The first-order chi connectivity index (χ1) is 14.2. The maximum atomic E-state index is 12.9. The monoisotopic (exact) mass is 378 g/mol. The standard InChI is InChI=1S/C25H18N2O2/c1-17-23(25(28)27(26-17)19-10-3-2-4-11-19)16-20-14-15-24(29-20)22-13-7-9-18-8-5-6-12-21(18)22/h2-16H,1H3/b23-16-. The van der Waals surface area contributed by atoms with Crippen molar-refractivity contribution in [1.29, 1.82) is 0 Å². The van der Waals surface area contributed by atoms with Gasteiger partial charge in [-0.25, -0.2) is 0 Å². The molecule has 0 unspecified atom stereocenters. The molecule has 3 aromatic carbocycles. The molecular weight excluding hydrogens is 360 g/mol. The van der Waals surface area contributed by atoms with E-state index < -0.39 is 0 Å². The normalized spacial score (nSPS) is 15.3. The van der Waals surface area contributed by atoms with Gasteiger partial charge >= 0.3 is 0 Å². The van der Waals surface area contributed by atoms with E-state index in [2.05, 4.69) is 23.3 Å². The van der Waals surface area contributed by atoms with Gasteiger partial charge in [0, 0.05) is 5.56 Å².